The fourth-order valence-electron chi connectivity index (χ4n) is 3.07. The van der Waals surface area contributed by atoms with E-state index in [2.05, 4.69) is 0 Å². The average molecular weight is 257 g/mol. The van der Waals surface area contributed by atoms with E-state index in [-0.39, 0.29) is 24.2 Å². The monoisotopic (exact) mass is 257 g/mol. The number of benzene rings is 1. The summed E-state index contributed by atoms with van der Waals surface area (Å²) in [6, 6.07) is 5.26. The summed E-state index contributed by atoms with van der Waals surface area (Å²) in [5.41, 5.74) is 6.08. The van der Waals surface area contributed by atoms with E-state index in [0.717, 1.165) is 18.9 Å². The Hall–Kier alpha value is -1.07. The van der Waals surface area contributed by atoms with Gasteiger partial charge in [-0.2, -0.15) is 13.2 Å². The second-order valence-corrected chi connectivity index (χ2v) is 5.02. The lowest BCUT2D eigenvalue weighted by Gasteiger charge is -2.25. The van der Waals surface area contributed by atoms with Gasteiger partial charge in [0.2, 0.25) is 0 Å². The summed E-state index contributed by atoms with van der Waals surface area (Å²) in [6.07, 6.45) is -2.51. The molecular weight excluding hydrogens is 243 g/mol. The van der Waals surface area contributed by atoms with Crippen LogP contribution in [0.25, 0.3) is 0 Å². The van der Waals surface area contributed by atoms with Gasteiger partial charge in [-0.25, -0.2) is 0 Å². The SMILES string of the molecule is NC1C2CCC(O2)C1c1cccc(C(F)(F)F)c1. The molecule has 2 heterocycles. The van der Waals surface area contributed by atoms with Crippen molar-refractivity contribution in [3.05, 3.63) is 35.4 Å². The zero-order chi connectivity index (χ0) is 12.9. The third kappa shape index (κ3) is 1.82. The highest BCUT2D eigenvalue weighted by atomic mass is 19.4. The maximum Gasteiger partial charge on any atom is 0.416 e. The minimum absolute atomic E-state index is 0.00884. The number of fused-ring (bicyclic) bond motifs is 2. The first-order valence-corrected chi connectivity index (χ1v) is 6.05. The normalized spacial score (nSPS) is 35.1. The molecular formula is C13H14F3NO. The lowest BCUT2D eigenvalue weighted by Crippen LogP contribution is -2.38. The molecule has 1 aromatic rings. The number of hydrogen-bond donors (Lipinski definition) is 1. The van der Waals surface area contributed by atoms with Crippen molar-refractivity contribution in [2.45, 2.75) is 43.2 Å². The highest BCUT2D eigenvalue weighted by molar-refractivity contribution is 5.32. The maximum absolute atomic E-state index is 12.7. The molecule has 2 nitrogen and oxygen atoms in total. The van der Waals surface area contributed by atoms with Crippen LogP contribution in [-0.4, -0.2) is 18.2 Å². The summed E-state index contributed by atoms with van der Waals surface area (Å²) >= 11 is 0. The zero-order valence-corrected chi connectivity index (χ0v) is 9.65. The predicted octanol–water partition coefficient (Wildman–Crippen LogP) is 2.68. The van der Waals surface area contributed by atoms with Crippen LogP contribution in [0, 0.1) is 0 Å². The minimum Gasteiger partial charge on any atom is -0.373 e. The summed E-state index contributed by atoms with van der Waals surface area (Å²) in [5.74, 6) is -0.106. The van der Waals surface area contributed by atoms with Gasteiger partial charge in [0, 0.05) is 12.0 Å². The largest absolute Gasteiger partial charge is 0.416 e. The summed E-state index contributed by atoms with van der Waals surface area (Å²) in [5, 5.41) is 0. The number of nitrogens with two attached hydrogens (primary N) is 1. The Labute approximate surface area is 103 Å². The van der Waals surface area contributed by atoms with E-state index in [1.54, 1.807) is 6.07 Å². The van der Waals surface area contributed by atoms with Gasteiger partial charge in [-0.05, 0) is 24.5 Å². The summed E-state index contributed by atoms with van der Waals surface area (Å²) < 4.78 is 43.7. The minimum atomic E-state index is -4.31. The van der Waals surface area contributed by atoms with Gasteiger partial charge < -0.3 is 10.5 Å². The van der Waals surface area contributed by atoms with Crippen molar-refractivity contribution >= 4 is 0 Å². The first-order valence-electron chi connectivity index (χ1n) is 6.05. The number of ether oxygens (including phenoxy) is 1. The number of rotatable bonds is 1. The molecule has 1 aromatic carbocycles. The molecule has 0 aliphatic carbocycles. The van der Waals surface area contributed by atoms with E-state index in [1.165, 1.54) is 12.1 Å². The van der Waals surface area contributed by atoms with E-state index >= 15 is 0 Å². The lowest BCUT2D eigenvalue weighted by molar-refractivity contribution is -0.137. The van der Waals surface area contributed by atoms with Gasteiger partial charge in [0.1, 0.15) is 0 Å². The van der Waals surface area contributed by atoms with Crippen molar-refractivity contribution in [1.29, 1.82) is 0 Å². The van der Waals surface area contributed by atoms with Crippen LogP contribution in [0.1, 0.15) is 29.9 Å². The first-order chi connectivity index (χ1) is 8.47. The smallest absolute Gasteiger partial charge is 0.373 e. The van der Waals surface area contributed by atoms with Crippen LogP contribution in [0.2, 0.25) is 0 Å². The van der Waals surface area contributed by atoms with Gasteiger partial charge in [0.05, 0.1) is 17.8 Å². The highest BCUT2D eigenvalue weighted by Gasteiger charge is 2.48. The van der Waals surface area contributed by atoms with E-state index < -0.39 is 11.7 Å². The van der Waals surface area contributed by atoms with E-state index in [9.17, 15) is 13.2 Å². The van der Waals surface area contributed by atoms with Crippen LogP contribution >= 0.6 is 0 Å². The fourth-order valence-corrected chi connectivity index (χ4v) is 3.07. The van der Waals surface area contributed by atoms with Crippen LogP contribution in [-0.2, 0) is 10.9 Å². The Morgan fingerprint density at radius 2 is 1.89 bits per heavy atom. The van der Waals surface area contributed by atoms with E-state index in [1.807, 2.05) is 0 Å². The Morgan fingerprint density at radius 3 is 2.50 bits per heavy atom. The maximum atomic E-state index is 12.7. The van der Waals surface area contributed by atoms with Gasteiger partial charge in [0.25, 0.3) is 0 Å². The second kappa shape index (κ2) is 3.96. The Balaban J connectivity index is 1.93. The molecule has 2 saturated heterocycles. The third-order valence-electron chi connectivity index (χ3n) is 3.93. The van der Waals surface area contributed by atoms with Gasteiger partial charge in [-0.3, -0.25) is 0 Å². The van der Waals surface area contributed by atoms with Crippen molar-refractivity contribution in [2.75, 3.05) is 0 Å². The molecule has 98 valence electrons. The molecule has 0 aromatic heterocycles. The first kappa shape index (κ1) is 12.0. The average Bonchev–Trinajstić information content (AvgIpc) is 2.88. The molecule has 2 N–H and O–H groups in total. The van der Waals surface area contributed by atoms with Crippen molar-refractivity contribution in [2.24, 2.45) is 5.73 Å². The molecule has 18 heavy (non-hydrogen) atoms. The topological polar surface area (TPSA) is 35.2 Å². The molecule has 2 aliphatic rings. The van der Waals surface area contributed by atoms with E-state index in [4.69, 9.17) is 10.5 Å². The van der Waals surface area contributed by atoms with Crippen LogP contribution in [0.15, 0.2) is 24.3 Å². The van der Waals surface area contributed by atoms with Crippen LogP contribution in [0.4, 0.5) is 13.2 Å². The molecule has 4 atom stereocenters. The van der Waals surface area contributed by atoms with Crippen molar-refractivity contribution in [3.8, 4) is 0 Å². The van der Waals surface area contributed by atoms with E-state index in [0.29, 0.717) is 5.56 Å². The molecule has 2 bridgehead atoms. The van der Waals surface area contributed by atoms with Gasteiger partial charge in [0.15, 0.2) is 0 Å². The van der Waals surface area contributed by atoms with Crippen LogP contribution in [0.3, 0.4) is 0 Å². The Kier molecular flexibility index (Phi) is 2.64. The summed E-state index contributed by atoms with van der Waals surface area (Å²) in [4.78, 5) is 0. The predicted molar refractivity (Wildman–Crippen MR) is 60.1 cm³/mol. The summed E-state index contributed by atoms with van der Waals surface area (Å²) in [7, 11) is 0. The van der Waals surface area contributed by atoms with Crippen molar-refractivity contribution in [1.82, 2.24) is 0 Å². The lowest BCUT2D eigenvalue weighted by atomic mass is 9.80. The molecule has 0 spiro atoms. The molecule has 3 rings (SSSR count). The Morgan fingerprint density at radius 1 is 1.17 bits per heavy atom. The summed E-state index contributed by atoms with van der Waals surface area (Å²) in [6.45, 7) is 0. The highest BCUT2D eigenvalue weighted by Crippen LogP contribution is 2.44. The van der Waals surface area contributed by atoms with Crippen molar-refractivity contribution in [3.63, 3.8) is 0 Å². The molecule has 2 aliphatic heterocycles. The van der Waals surface area contributed by atoms with Gasteiger partial charge in [-0.1, -0.05) is 18.2 Å². The number of hydrogen-bond acceptors (Lipinski definition) is 2. The molecule has 0 radical (unpaired) electrons. The third-order valence-corrected chi connectivity index (χ3v) is 3.93. The quantitative estimate of drug-likeness (QED) is 0.839. The molecule has 0 saturated carbocycles. The van der Waals surface area contributed by atoms with Gasteiger partial charge >= 0.3 is 6.18 Å². The standard InChI is InChI=1S/C13H14F3NO/c14-13(15,16)8-3-1-2-7(6-8)11-9-4-5-10(18-9)12(11)17/h1-3,6,9-12H,4-5,17H2. The Bertz CT molecular complexity index is 458. The number of halogens is 3. The zero-order valence-electron chi connectivity index (χ0n) is 9.65. The number of alkyl halides is 3. The van der Waals surface area contributed by atoms with Crippen LogP contribution < -0.4 is 5.73 Å². The molecule has 0 amide bonds. The van der Waals surface area contributed by atoms with Crippen LogP contribution in [0.5, 0.6) is 0 Å². The molecule has 4 unspecified atom stereocenters. The fraction of sp³-hybridized carbons (Fsp3) is 0.538. The molecule has 5 heteroatoms. The second-order valence-electron chi connectivity index (χ2n) is 5.02. The van der Waals surface area contributed by atoms with Crippen molar-refractivity contribution < 1.29 is 17.9 Å². The molecule has 2 fully saturated rings. The van der Waals surface area contributed by atoms with Gasteiger partial charge in [-0.15, -0.1) is 0 Å².